The van der Waals surface area contributed by atoms with E-state index in [0.29, 0.717) is 12.2 Å². The van der Waals surface area contributed by atoms with Gasteiger partial charge >= 0.3 is 55.6 Å². The van der Waals surface area contributed by atoms with E-state index in [1.54, 1.807) is 0 Å². The van der Waals surface area contributed by atoms with E-state index in [2.05, 4.69) is 0 Å². The molecule has 8 heteroatoms. The molecule has 0 aliphatic rings. The second-order valence-electron chi connectivity index (χ2n) is 2.02. The van der Waals surface area contributed by atoms with Crippen LogP contribution in [0.4, 0.5) is 0 Å². The Morgan fingerprint density at radius 3 is 1.27 bits per heavy atom. The van der Waals surface area contributed by atoms with Gasteiger partial charge in [-0.1, -0.05) is 0 Å². The molecule has 0 aliphatic heterocycles. The van der Waals surface area contributed by atoms with Gasteiger partial charge < -0.3 is 20.4 Å². The van der Waals surface area contributed by atoms with Gasteiger partial charge in [-0.2, -0.15) is 0 Å². The third-order valence-corrected chi connectivity index (χ3v) is 0.726. The standard InChI is InChI=1S/C4H4O4.C3H6O3.Ca.2H/c5-3(6)1-2-4(7)8;1-2(4)3(5)6;;;/h1-2H,(H,5,6)(H,7,8);2,4H,1H3,(H,5,6);;;. The molecule has 15 heavy (non-hydrogen) atoms. The number of aliphatic hydroxyl groups is 1. The van der Waals surface area contributed by atoms with Crippen molar-refractivity contribution in [1.82, 2.24) is 0 Å². The van der Waals surface area contributed by atoms with E-state index in [9.17, 15) is 14.4 Å². The van der Waals surface area contributed by atoms with E-state index >= 15 is 0 Å². The zero-order chi connectivity index (χ0) is 11.7. The van der Waals surface area contributed by atoms with Gasteiger partial charge in [0, 0.05) is 12.2 Å². The molecule has 4 N–H and O–H groups in total. The summed E-state index contributed by atoms with van der Waals surface area (Å²) in [5.74, 6) is -3.70. The van der Waals surface area contributed by atoms with Crippen LogP contribution in [0, 0.1) is 0 Å². The molecule has 0 rings (SSSR count). The average Bonchev–Trinajstić information content (AvgIpc) is 2.01. The van der Waals surface area contributed by atoms with Crippen molar-refractivity contribution in [2.75, 3.05) is 0 Å². The molecule has 7 nitrogen and oxygen atoms in total. The van der Waals surface area contributed by atoms with Crippen molar-refractivity contribution in [2.24, 2.45) is 0 Å². The second kappa shape index (κ2) is 11.4. The van der Waals surface area contributed by atoms with Crippen molar-refractivity contribution in [2.45, 2.75) is 13.0 Å². The fourth-order valence-electron chi connectivity index (χ4n) is 0.143. The van der Waals surface area contributed by atoms with E-state index in [0.717, 1.165) is 0 Å². The van der Waals surface area contributed by atoms with Gasteiger partial charge in [0.05, 0.1) is 0 Å². The van der Waals surface area contributed by atoms with Gasteiger partial charge in [-0.15, -0.1) is 0 Å². The quantitative estimate of drug-likeness (QED) is 0.344. The predicted molar refractivity (Wildman–Crippen MR) is 52.3 cm³/mol. The summed E-state index contributed by atoms with van der Waals surface area (Å²) in [6, 6.07) is 0. The normalized spacial score (nSPS) is 10.5. The molecule has 0 aromatic heterocycles. The van der Waals surface area contributed by atoms with E-state index < -0.39 is 24.0 Å². The number of hydrogen-bond acceptors (Lipinski definition) is 4. The Morgan fingerprint density at radius 2 is 1.20 bits per heavy atom. The summed E-state index contributed by atoms with van der Waals surface area (Å²) in [4.78, 5) is 28.6. The van der Waals surface area contributed by atoms with Crippen LogP contribution >= 0.6 is 0 Å². The summed E-state index contributed by atoms with van der Waals surface area (Å²) in [5.41, 5.74) is 0. The van der Waals surface area contributed by atoms with Gasteiger partial charge in [0.1, 0.15) is 6.10 Å². The number of carboxylic acids is 3. The molecule has 0 radical (unpaired) electrons. The first-order valence-electron chi connectivity index (χ1n) is 3.32. The number of hydrogen-bond donors (Lipinski definition) is 4. The average molecular weight is 248 g/mol. The molecule has 0 spiro atoms. The first kappa shape index (κ1) is 19.9. The van der Waals surface area contributed by atoms with Gasteiger partial charge in [-0.25, -0.2) is 14.4 Å². The minimum atomic E-state index is -1.26. The number of aliphatic hydroxyl groups excluding tert-OH is 1. The van der Waals surface area contributed by atoms with E-state index in [1.165, 1.54) is 6.92 Å². The third kappa shape index (κ3) is 24.7. The van der Waals surface area contributed by atoms with Gasteiger partial charge in [0.25, 0.3) is 0 Å². The fourth-order valence-corrected chi connectivity index (χ4v) is 0.143. The van der Waals surface area contributed by atoms with E-state index in [4.69, 9.17) is 20.4 Å². The molecule has 84 valence electrons. The van der Waals surface area contributed by atoms with Crippen LogP contribution in [0.3, 0.4) is 0 Å². The Hall–Kier alpha value is -0.630. The van der Waals surface area contributed by atoms with Crippen LogP contribution in [0.2, 0.25) is 0 Å². The summed E-state index contributed by atoms with van der Waals surface area (Å²) in [6.45, 7) is 1.20. The zero-order valence-electron chi connectivity index (χ0n) is 7.25. The van der Waals surface area contributed by atoms with Crippen LogP contribution in [0.5, 0.6) is 0 Å². The maximum atomic E-state index is 9.55. The van der Waals surface area contributed by atoms with Crippen molar-refractivity contribution >= 4 is 55.6 Å². The van der Waals surface area contributed by atoms with Gasteiger partial charge in [0.2, 0.25) is 0 Å². The molecule has 0 saturated carbocycles. The van der Waals surface area contributed by atoms with E-state index in [1.807, 2.05) is 0 Å². The van der Waals surface area contributed by atoms with E-state index in [-0.39, 0.29) is 37.7 Å². The van der Waals surface area contributed by atoms with Crippen molar-refractivity contribution in [3.05, 3.63) is 12.2 Å². The Kier molecular flexibility index (Phi) is 15.2. The first-order chi connectivity index (χ1) is 6.27. The number of carboxylic acid groups (broad SMARTS) is 3. The van der Waals surface area contributed by atoms with Crippen LogP contribution in [-0.4, -0.2) is 82.2 Å². The summed E-state index contributed by atoms with van der Waals surface area (Å²) < 4.78 is 0. The van der Waals surface area contributed by atoms with Gasteiger partial charge in [-0.3, -0.25) is 0 Å². The number of aliphatic carboxylic acids is 3. The summed E-state index contributed by atoms with van der Waals surface area (Å²) in [7, 11) is 0. The maximum absolute atomic E-state index is 9.55. The molecule has 0 heterocycles. The van der Waals surface area contributed by atoms with Crippen LogP contribution in [0.25, 0.3) is 0 Å². The van der Waals surface area contributed by atoms with Crippen LogP contribution in [-0.2, 0) is 14.4 Å². The van der Waals surface area contributed by atoms with Crippen molar-refractivity contribution in [1.29, 1.82) is 0 Å². The predicted octanol–water partition coefficient (Wildman–Crippen LogP) is -1.75. The second-order valence-corrected chi connectivity index (χ2v) is 2.02. The first-order valence-corrected chi connectivity index (χ1v) is 3.32. The molecule has 0 aromatic carbocycles. The summed E-state index contributed by atoms with van der Waals surface area (Å²) in [6.07, 6.45) is -0.116. The fraction of sp³-hybridized carbons (Fsp3) is 0.286. The van der Waals surface area contributed by atoms with Crippen LogP contribution in [0.1, 0.15) is 6.92 Å². The zero-order valence-corrected chi connectivity index (χ0v) is 7.25. The van der Waals surface area contributed by atoms with Crippen LogP contribution in [0.15, 0.2) is 12.2 Å². The SMILES string of the molecule is CC(O)C(=O)O.O=C(O)C=CC(=O)O.[CaH2]. The summed E-state index contributed by atoms with van der Waals surface area (Å²) >= 11 is 0. The molecule has 1 atom stereocenters. The number of rotatable bonds is 3. The third-order valence-electron chi connectivity index (χ3n) is 0.726. The Bertz CT molecular complexity index is 230. The topological polar surface area (TPSA) is 132 Å². The number of carbonyl (C=O) groups is 3. The molecular weight excluding hydrogens is 236 g/mol. The Labute approximate surface area is 115 Å². The minimum absolute atomic E-state index is 0. The van der Waals surface area contributed by atoms with Gasteiger partial charge in [0.15, 0.2) is 0 Å². The Balaban J connectivity index is -0.000000187. The molecular formula is C7H12CaO7. The van der Waals surface area contributed by atoms with Gasteiger partial charge in [-0.05, 0) is 6.92 Å². The summed E-state index contributed by atoms with van der Waals surface area (Å²) in [5, 5.41) is 31.4. The van der Waals surface area contributed by atoms with Crippen LogP contribution < -0.4 is 0 Å². The molecule has 0 aliphatic carbocycles. The molecule has 0 fully saturated rings. The molecule has 0 saturated heterocycles. The van der Waals surface area contributed by atoms with Crippen molar-refractivity contribution in [3.63, 3.8) is 0 Å². The molecule has 0 bridgehead atoms. The monoisotopic (exact) mass is 248 g/mol. The van der Waals surface area contributed by atoms with Crippen molar-refractivity contribution in [3.8, 4) is 0 Å². The Morgan fingerprint density at radius 1 is 1.00 bits per heavy atom. The van der Waals surface area contributed by atoms with Crippen molar-refractivity contribution < 1.29 is 34.8 Å². The molecule has 1 unspecified atom stereocenters. The molecule has 0 aromatic rings. The molecule has 0 amide bonds.